The van der Waals surface area contributed by atoms with Crippen LogP contribution < -0.4 is 10.4 Å². The third kappa shape index (κ3) is 2.31. The van der Waals surface area contributed by atoms with E-state index in [4.69, 9.17) is 0 Å². The molecule has 0 unspecified atom stereocenters. The van der Waals surface area contributed by atoms with E-state index in [1.54, 1.807) is 0 Å². The molecule has 0 aliphatic heterocycles. The molecule has 14 heavy (non-hydrogen) atoms. The van der Waals surface area contributed by atoms with Crippen molar-refractivity contribution in [3.8, 4) is 0 Å². The number of anilines is 1. The van der Waals surface area contributed by atoms with E-state index in [2.05, 4.69) is 57.1 Å². The van der Waals surface area contributed by atoms with E-state index in [1.165, 1.54) is 23.8 Å². The Morgan fingerprint density at radius 1 is 1.07 bits per heavy atom. The fourth-order valence-corrected chi connectivity index (χ4v) is 1.97. The molecule has 0 aromatic heterocycles. The maximum absolute atomic E-state index is 2.26. The first-order valence-electron chi connectivity index (χ1n) is 5.46. The van der Waals surface area contributed by atoms with Gasteiger partial charge >= 0.3 is 0 Å². The number of para-hydroxylation sites is 1. The molecule has 0 heterocycles. The molecule has 0 radical (unpaired) electrons. The van der Waals surface area contributed by atoms with Crippen LogP contribution in [0.4, 0.5) is 5.69 Å². The predicted octanol–water partition coefficient (Wildman–Crippen LogP) is 2.49. The molecule has 0 atom stereocenters. The van der Waals surface area contributed by atoms with E-state index >= 15 is 0 Å². The van der Waals surface area contributed by atoms with E-state index in [0.717, 1.165) is 0 Å². The highest BCUT2D eigenvalue weighted by Gasteiger charge is 2.15. The highest BCUT2D eigenvalue weighted by Crippen LogP contribution is 2.11. The fourth-order valence-electron chi connectivity index (χ4n) is 1.97. The van der Waals surface area contributed by atoms with Gasteiger partial charge in [-0.3, -0.25) is 0 Å². The zero-order chi connectivity index (χ0) is 10.6. The minimum atomic E-state index is 0.702. The summed E-state index contributed by atoms with van der Waals surface area (Å²) in [6.07, 6.45) is 2.45. The van der Waals surface area contributed by atoms with E-state index in [-0.39, 0.29) is 0 Å². The molecule has 0 amide bonds. The Labute approximate surface area is 88.2 Å². The predicted molar refractivity (Wildman–Crippen MR) is 67.1 cm³/mol. The van der Waals surface area contributed by atoms with Crippen LogP contribution in [0.5, 0.6) is 0 Å². The van der Waals surface area contributed by atoms with Gasteiger partial charge in [-0.15, -0.1) is 0 Å². The van der Waals surface area contributed by atoms with Gasteiger partial charge in [0.1, 0.15) is 0 Å². The summed E-state index contributed by atoms with van der Waals surface area (Å²) in [6, 6.07) is 8.71. The second-order valence-corrected chi connectivity index (χ2v) is 3.97. The van der Waals surface area contributed by atoms with Crippen LogP contribution in [0, 0.1) is 0 Å². The van der Waals surface area contributed by atoms with Crippen LogP contribution >= 0.6 is 0 Å². The molecular weight excluding hydrogens is 169 g/mol. The van der Waals surface area contributed by atoms with Crippen LogP contribution in [-0.2, 0) is 0 Å². The number of benzene rings is 1. The number of hydrogen-bond acceptors (Lipinski definition) is 1. The maximum atomic E-state index is 2.26. The second-order valence-electron chi connectivity index (χ2n) is 3.97. The first-order valence-corrected chi connectivity index (χ1v) is 5.46. The molecule has 0 N–H and O–H groups in total. The lowest BCUT2D eigenvalue weighted by molar-refractivity contribution is 1.14. The lowest BCUT2D eigenvalue weighted by Crippen LogP contribution is -2.33. The highest BCUT2D eigenvalue weighted by molar-refractivity contribution is 6.74. The van der Waals surface area contributed by atoms with Gasteiger partial charge in [0, 0.05) is 19.8 Å². The van der Waals surface area contributed by atoms with Gasteiger partial charge in [0.15, 0.2) is 6.71 Å². The smallest absolute Gasteiger partial charge is 0.178 e. The van der Waals surface area contributed by atoms with Crippen molar-refractivity contribution in [2.75, 3.05) is 19.0 Å². The average molecular weight is 189 g/mol. The van der Waals surface area contributed by atoms with E-state index < -0.39 is 0 Å². The van der Waals surface area contributed by atoms with Crippen molar-refractivity contribution in [1.82, 2.24) is 0 Å². The number of nitrogens with zero attached hydrogens (tertiary/aromatic N) is 1. The normalized spacial score (nSPS) is 10.0. The Kier molecular flexibility index (Phi) is 4.06. The molecule has 1 aromatic carbocycles. The van der Waals surface area contributed by atoms with Crippen molar-refractivity contribution in [2.24, 2.45) is 0 Å². The molecular formula is C12H20BN. The lowest BCUT2D eigenvalue weighted by Gasteiger charge is -2.20. The third-order valence-corrected chi connectivity index (χ3v) is 2.84. The molecule has 1 rings (SSSR count). The fraction of sp³-hybridized carbons (Fsp3) is 0.500. The summed E-state index contributed by atoms with van der Waals surface area (Å²) in [5, 5.41) is 0. The van der Waals surface area contributed by atoms with Gasteiger partial charge in [-0.25, -0.2) is 0 Å². The highest BCUT2D eigenvalue weighted by atomic mass is 15.1. The van der Waals surface area contributed by atoms with Crippen molar-refractivity contribution >= 4 is 17.9 Å². The van der Waals surface area contributed by atoms with Crippen molar-refractivity contribution in [1.29, 1.82) is 0 Å². The van der Waals surface area contributed by atoms with Gasteiger partial charge in [0.25, 0.3) is 0 Å². The summed E-state index contributed by atoms with van der Waals surface area (Å²) in [5.41, 5.74) is 2.85. The first-order chi connectivity index (χ1) is 6.70. The number of hydrogen-bond donors (Lipinski definition) is 0. The molecule has 0 saturated carbocycles. The monoisotopic (exact) mass is 189 g/mol. The van der Waals surface area contributed by atoms with Crippen LogP contribution in [0.2, 0.25) is 12.6 Å². The molecule has 1 nitrogen and oxygen atoms in total. The van der Waals surface area contributed by atoms with Gasteiger partial charge in [0.2, 0.25) is 0 Å². The maximum Gasteiger partial charge on any atom is 0.178 e. The SMILES string of the molecule is CCB(CC)c1ccccc1N(C)C. The lowest BCUT2D eigenvalue weighted by atomic mass is 9.41. The summed E-state index contributed by atoms with van der Waals surface area (Å²) in [4.78, 5) is 2.20. The van der Waals surface area contributed by atoms with Crippen LogP contribution in [0.3, 0.4) is 0 Å². The average Bonchev–Trinajstić information content (AvgIpc) is 2.20. The summed E-state index contributed by atoms with van der Waals surface area (Å²) in [5.74, 6) is 0. The molecule has 0 spiro atoms. The Bertz CT molecular complexity index is 279. The van der Waals surface area contributed by atoms with Gasteiger partial charge < -0.3 is 4.90 Å². The Balaban J connectivity index is 3.05. The Morgan fingerprint density at radius 2 is 1.64 bits per heavy atom. The summed E-state index contributed by atoms with van der Waals surface area (Å²) in [6.45, 7) is 5.23. The molecule has 0 aliphatic rings. The molecule has 2 heteroatoms. The van der Waals surface area contributed by atoms with Crippen LogP contribution in [-0.4, -0.2) is 20.8 Å². The van der Waals surface area contributed by atoms with E-state index in [0.29, 0.717) is 6.71 Å². The van der Waals surface area contributed by atoms with Gasteiger partial charge in [-0.1, -0.05) is 50.1 Å². The molecule has 0 aliphatic carbocycles. The van der Waals surface area contributed by atoms with Crippen molar-refractivity contribution < 1.29 is 0 Å². The van der Waals surface area contributed by atoms with E-state index in [1.807, 2.05) is 0 Å². The zero-order valence-electron chi connectivity index (χ0n) is 9.75. The molecule has 76 valence electrons. The van der Waals surface area contributed by atoms with Gasteiger partial charge in [-0.05, 0) is 6.07 Å². The van der Waals surface area contributed by atoms with Crippen molar-refractivity contribution in [3.05, 3.63) is 24.3 Å². The summed E-state index contributed by atoms with van der Waals surface area (Å²) < 4.78 is 0. The Morgan fingerprint density at radius 3 is 2.14 bits per heavy atom. The second kappa shape index (κ2) is 5.09. The van der Waals surface area contributed by atoms with Crippen molar-refractivity contribution in [3.63, 3.8) is 0 Å². The minimum Gasteiger partial charge on any atom is -0.378 e. The zero-order valence-corrected chi connectivity index (χ0v) is 9.75. The third-order valence-electron chi connectivity index (χ3n) is 2.84. The summed E-state index contributed by atoms with van der Waals surface area (Å²) in [7, 11) is 4.22. The molecule has 1 aromatic rings. The topological polar surface area (TPSA) is 3.24 Å². The van der Waals surface area contributed by atoms with Gasteiger partial charge in [0.05, 0.1) is 0 Å². The van der Waals surface area contributed by atoms with Crippen molar-refractivity contribution in [2.45, 2.75) is 26.5 Å². The van der Waals surface area contributed by atoms with Crippen LogP contribution in [0.1, 0.15) is 13.8 Å². The molecule has 0 saturated heterocycles. The molecule has 0 fully saturated rings. The summed E-state index contributed by atoms with van der Waals surface area (Å²) >= 11 is 0. The molecule has 0 bridgehead atoms. The largest absolute Gasteiger partial charge is 0.378 e. The minimum absolute atomic E-state index is 0.702. The first kappa shape index (κ1) is 11.2. The Hall–Kier alpha value is -0.915. The number of rotatable bonds is 4. The quantitative estimate of drug-likeness (QED) is 0.657. The van der Waals surface area contributed by atoms with Crippen LogP contribution in [0.15, 0.2) is 24.3 Å². The van der Waals surface area contributed by atoms with Gasteiger partial charge in [-0.2, -0.15) is 0 Å². The standard InChI is InChI=1S/C12H20BN/c1-5-13(6-2)11-9-7-8-10-12(11)14(3)4/h7-10H,5-6H2,1-4H3. The van der Waals surface area contributed by atoms with Crippen LogP contribution in [0.25, 0.3) is 0 Å². The van der Waals surface area contributed by atoms with E-state index in [9.17, 15) is 0 Å².